The molecule has 4 rings (SSSR count). The lowest BCUT2D eigenvalue weighted by molar-refractivity contribution is -0.149. The number of ketones is 1. The number of carbonyl (C=O) groups is 2. The molecule has 3 saturated carbocycles. The number of allylic oxidation sites excluding steroid dienone is 4. The molecule has 0 aromatic heterocycles. The summed E-state index contributed by atoms with van der Waals surface area (Å²) in [4.78, 5) is 25.2. The molecule has 3 heteroatoms. The van der Waals surface area contributed by atoms with Crippen LogP contribution in [0.15, 0.2) is 23.3 Å². The van der Waals surface area contributed by atoms with Crippen LogP contribution in [0.2, 0.25) is 0 Å². The molecule has 0 aromatic carbocycles. The van der Waals surface area contributed by atoms with Crippen molar-refractivity contribution < 1.29 is 14.7 Å². The van der Waals surface area contributed by atoms with Crippen LogP contribution in [0, 0.1) is 45.3 Å². The van der Waals surface area contributed by atoms with Gasteiger partial charge in [0.1, 0.15) is 5.78 Å². The Morgan fingerprint density at radius 2 is 1.82 bits per heavy atom. The molecule has 184 valence electrons. The molecule has 0 aromatic rings. The van der Waals surface area contributed by atoms with E-state index >= 15 is 0 Å². The summed E-state index contributed by atoms with van der Waals surface area (Å²) in [5, 5.41) is 10.2. The Morgan fingerprint density at radius 1 is 1.12 bits per heavy atom. The summed E-state index contributed by atoms with van der Waals surface area (Å²) in [5.74, 6) is 0.766. The number of carbonyl (C=O) groups excluding carboxylic acids is 1. The number of hydrogen-bond acceptors (Lipinski definition) is 2. The highest BCUT2D eigenvalue weighted by atomic mass is 16.4. The standard InChI is InChI=1S/C30H46O3/c1-19(2)9-8-10-20(26(32)33)21-13-17-30(7)23-11-12-24-27(3,4)25(31)15-16-28(24,5)22(23)14-18-29(21,30)6/h9,11,20-22,24H,8,10,12-18H2,1-7H3,(H,32,33). The minimum absolute atomic E-state index is 0.0343. The average Bonchev–Trinajstić information content (AvgIpc) is 3.00. The lowest BCUT2D eigenvalue weighted by Gasteiger charge is -2.63. The van der Waals surface area contributed by atoms with Gasteiger partial charge < -0.3 is 5.11 Å². The van der Waals surface area contributed by atoms with E-state index in [0.717, 1.165) is 51.4 Å². The highest BCUT2D eigenvalue weighted by molar-refractivity contribution is 5.85. The molecule has 0 spiro atoms. The minimum Gasteiger partial charge on any atom is -0.481 e. The van der Waals surface area contributed by atoms with Gasteiger partial charge in [-0.1, -0.05) is 57.9 Å². The second kappa shape index (κ2) is 8.09. The number of Topliss-reactive ketones (excluding diaryl/α,β-unsaturated/α-hetero) is 1. The maximum atomic E-state index is 12.8. The van der Waals surface area contributed by atoms with Crippen LogP contribution in [0.5, 0.6) is 0 Å². The molecule has 0 saturated heterocycles. The number of rotatable bonds is 5. The van der Waals surface area contributed by atoms with Gasteiger partial charge in [0.15, 0.2) is 0 Å². The summed E-state index contributed by atoms with van der Waals surface area (Å²) in [6.07, 6.45) is 13.4. The zero-order chi connectivity index (χ0) is 24.4. The summed E-state index contributed by atoms with van der Waals surface area (Å²) >= 11 is 0. The van der Waals surface area contributed by atoms with Crippen LogP contribution in [0.4, 0.5) is 0 Å². The van der Waals surface area contributed by atoms with Crippen molar-refractivity contribution in [3.05, 3.63) is 23.3 Å². The predicted octanol–water partition coefficient (Wildman–Crippen LogP) is 7.61. The fourth-order valence-corrected chi connectivity index (χ4v) is 9.25. The van der Waals surface area contributed by atoms with E-state index in [1.165, 1.54) is 5.57 Å². The Bertz CT molecular complexity index is 890. The third-order valence-electron chi connectivity index (χ3n) is 11.5. The van der Waals surface area contributed by atoms with Crippen LogP contribution < -0.4 is 0 Å². The van der Waals surface area contributed by atoms with E-state index < -0.39 is 5.97 Å². The Hall–Kier alpha value is -1.38. The first-order valence-corrected chi connectivity index (χ1v) is 13.4. The molecule has 4 aliphatic carbocycles. The smallest absolute Gasteiger partial charge is 0.306 e. The van der Waals surface area contributed by atoms with Crippen LogP contribution in [0.3, 0.4) is 0 Å². The molecule has 0 aliphatic heterocycles. The zero-order valence-corrected chi connectivity index (χ0v) is 22.1. The third-order valence-corrected chi connectivity index (χ3v) is 11.5. The zero-order valence-electron chi connectivity index (χ0n) is 22.1. The second-order valence-electron chi connectivity index (χ2n) is 13.4. The second-order valence-corrected chi connectivity index (χ2v) is 13.4. The van der Waals surface area contributed by atoms with Crippen LogP contribution >= 0.6 is 0 Å². The molecule has 1 N–H and O–H groups in total. The van der Waals surface area contributed by atoms with Gasteiger partial charge in [0.25, 0.3) is 0 Å². The Balaban J connectivity index is 1.67. The van der Waals surface area contributed by atoms with Gasteiger partial charge in [0.2, 0.25) is 0 Å². The van der Waals surface area contributed by atoms with Crippen molar-refractivity contribution >= 4 is 11.8 Å². The number of hydrogen-bond donors (Lipinski definition) is 1. The topological polar surface area (TPSA) is 54.4 Å². The fraction of sp³-hybridized carbons (Fsp3) is 0.800. The van der Waals surface area contributed by atoms with E-state index in [9.17, 15) is 14.7 Å². The molecule has 0 amide bonds. The third kappa shape index (κ3) is 3.50. The first kappa shape index (κ1) is 24.7. The van der Waals surface area contributed by atoms with Crippen molar-refractivity contribution in [2.75, 3.05) is 0 Å². The Morgan fingerprint density at radius 3 is 2.45 bits per heavy atom. The first-order chi connectivity index (χ1) is 15.3. The molecule has 3 nitrogen and oxygen atoms in total. The Labute approximate surface area is 201 Å². The predicted molar refractivity (Wildman–Crippen MR) is 134 cm³/mol. The van der Waals surface area contributed by atoms with Crippen LogP contribution in [-0.4, -0.2) is 16.9 Å². The summed E-state index contributed by atoms with van der Waals surface area (Å²) in [5.41, 5.74) is 2.94. The molecule has 3 fully saturated rings. The van der Waals surface area contributed by atoms with E-state index in [-0.39, 0.29) is 33.5 Å². The molecule has 33 heavy (non-hydrogen) atoms. The monoisotopic (exact) mass is 454 g/mol. The molecule has 0 heterocycles. The van der Waals surface area contributed by atoms with Gasteiger partial charge in [0.05, 0.1) is 5.92 Å². The summed E-state index contributed by atoms with van der Waals surface area (Å²) in [6, 6.07) is 0. The van der Waals surface area contributed by atoms with E-state index in [4.69, 9.17) is 0 Å². The van der Waals surface area contributed by atoms with E-state index in [1.54, 1.807) is 5.57 Å². The van der Waals surface area contributed by atoms with E-state index in [0.29, 0.717) is 24.0 Å². The Kier molecular flexibility index (Phi) is 6.07. The molecular formula is C30H46O3. The SMILES string of the molecule is CC(C)=CCCC(C(=O)O)C1CCC2(C)C3=CCC4C(C)(C)C(=O)CCC4(C)C3CCC12C. The molecular weight excluding hydrogens is 408 g/mol. The maximum Gasteiger partial charge on any atom is 0.306 e. The van der Waals surface area contributed by atoms with Crippen LogP contribution in [-0.2, 0) is 9.59 Å². The molecule has 0 bridgehead atoms. The van der Waals surface area contributed by atoms with Crippen molar-refractivity contribution in [2.24, 2.45) is 45.3 Å². The quantitative estimate of drug-likeness (QED) is 0.435. The lowest BCUT2D eigenvalue weighted by Crippen LogP contribution is -2.57. The van der Waals surface area contributed by atoms with Gasteiger partial charge in [-0.15, -0.1) is 0 Å². The van der Waals surface area contributed by atoms with Gasteiger partial charge in [-0.2, -0.15) is 0 Å². The normalized spacial score (nSPS) is 42.5. The van der Waals surface area contributed by atoms with Crippen molar-refractivity contribution in [3.8, 4) is 0 Å². The number of carboxylic acids is 1. The fourth-order valence-electron chi connectivity index (χ4n) is 9.25. The first-order valence-electron chi connectivity index (χ1n) is 13.4. The lowest BCUT2D eigenvalue weighted by atomic mass is 9.41. The van der Waals surface area contributed by atoms with Crippen LogP contribution in [0.25, 0.3) is 0 Å². The summed E-state index contributed by atoms with van der Waals surface area (Å²) < 4.78 is 0. The van der Waals surface area contributed by atoms with Crippen molar-refractivity contribution in [1.82, 2.24) is 0 Å². The largest absolute Gasteiger partial charge is 0.481 e. The molecule has 4 aliphatic rings. The summed E-state index contributed by atoms with van der Waals surface area (Å²) in [6.45, 7) is 15.9. The van der Waals surface area contributed by atoms with Gasteiger partial charge in [0, 0.05) is 11.8 Å². The number of fused-ring (bicyclic) bond motifs is 5. The van der Waals surface area contributed by atoms with Crippen molar-refractivity contribution in [3.63, 3.8) is 0 Å². The maximum absolute atomic E-state index is 12.8. The van der Waals surface area contributed by atoms with E-state index in [2.05, 4.69) is 60.6 Å². The van der Waals surface area contributed by atoms with Crippen molar-refractivity contribution in [2.45, 2.75) is 106 Å². The minimum atomic E-state index is -0.605. The van der Waals surface area contributed by atoms with Gasteiger partial charge in [-0.25, -0.2) is 0 Å². The highest BCUT2D eigenvalue weighted by Crippen LogP contribution is 2.73. The van der Waals surface area contributed by atoms with Gasteiger partial charge >= 0.3 is 5.97 Å². The highest BCUT2D eigenvalue weighted by Gasteiger charge is 2.66. The molecule has 7 unspecified atom stereocenters. The van der Waals surface area contributed by atoms with Gasteiger partial charge in [-0.05, 0) is 99.2 Å². The molecule has 7 atom stereocenters. The number of aliphatic carboxylic acids is 1. The van der Waals surface area contributed by atoms with Crippen molar-refractivity contribution in [1.29, 1.82) is 0 Å². The van der Waals surface area contributed by atoms with Gasteiger partial charge in [-0.3, -0.25) is 9.59 Å². The summed E-state index contributed by atoms with van der Waals surface area (Å²) in [7, 11) is 0. The van der Waals surface area contributed by atoms with Crippen LogP contribution in [0.1, 0.15) is 106 Å². The molecule has 0 radical (unpaired) electrons. The average molecular weight is 455 g/mol. The van der Waals surface area contributed by atoms with E-state index in [1.807, 2.05) is 0 Å². The number of carboxylic acid groups (broad SMARTS) is 1.